The predicted octanol–water partition coefficient (Wildman–Crippen LogP) is 1.84. The number of carbonyl (C=O) groups excluding carboxylic acids is 1. The van der Waals surface area contributed by atoms with E-state index in [4.69, 9.17) is 15.6 Å². The average Bonchev–Trinajstić information content (AvgIpc) is 3.07. The van der Waals surface area contributed by atoms with Gasteiger partial charge in [-0.05, 0) is 36.4 Å². The number of hydrogen-bond acceptors (Lipinski definition) is 7. The number of nitrogens with one attached hydrogen (secondary N) is 1. The van der Waals surface area contributed by atoms with E-state index < -0.39 is 0 Å². The molecule has 4 heterocycles. The number of carbonyl (C=O) groups is 1. The van der Waals surface area contributed by atoms with Gasteiger partial charge in [-0.15, -0.1) is 4.59 Å². The molecule has 1 atom stereocenters. The van der Waals surface area contributed by atoms with E-state index in [2.05, 4.69) is 20.2 Å². The number of amides is 1. The fourth-order valence-corrected chi connectivity index (χ4v) is 3.75. The molecule has 0 bridgehead atoms. The Balaban J connectivity index is 1.40. The SMILES string of the molecule is COC1CN(C2=C3C=NC=C[N+]3(N)C(c3ccc(C(=O)Nc4ccccn4)cc3)=N2)C1. The number of likely N-dealkylation sites (tertiary alicyclic amines) is 1. The molecule has 1 fully saturated rings. The van der Waals surface area contributed by atoms with Crippen LogP contribution in [-0.2, 0) is 4.74 Å². The van der Waals surface area contributed by atoms with Crippen LogP contribution < -0.4 is 11.2 Å². The molecule has 9 nitrogen and oxygen atoms in total. The second-order valence-corrected chi connectivity index (χ2v) is 7.51. The van der Waals surface area contributed by atoms with Crippen LogP contribution in [0.15, 0.2) is 82.6 Å². The first-order chi connectivity index (χ1) is 15.1. The minimum Gasteiger partial charge on any atom is -0.378 e. The van der Waals surface area contributed by atoms with E-state index in [1.807, 2.05) is 18.2 Å². The van der Waals surface area contributed by atoms with Crippen molar-refractivity contribution in [1.82, 2.24) is 9.88 Å². The van der Waals surface area contributed by atoms with Crippen molar-refractivity contribution in [2.75, 3.05) is 25.5 Å². The molecule has 2 aromatic rings. The fourth-order valence-electron chi connectivity index (χ4n) is 3.75. The molecule has 156 valence electrons. The first-order valence-corrected chi connectivity index (χ1v) is 9.91. The van der Waals surface area contributed by atoms with Gasteiger partial charge >= 0.3 is 0 Å². The lowest BCUT2D eigenvalue weighted by molar-refractivity contribution is -0.750. The molecule has 1 aromatic carbocycles. The number of nitrogens with zero attached hydrogens (tertiary/aromatic N) is 5. The summed E-state index contributed by atoms with van der Waals surface area (Å²) < 4.78 is 5.32. The maximum atomic E-state index is 12.5. The number of amidine groups is 1. The summed E-state index contributed by atoms with van der Waals surface area (Å²) in [6, 6.07) is 12.6. The largest absolute Gasteiger partial charge is 0.378 e. The zero-order valence-corrected chi connectivity index (χ0v) is 17.0. The van der Waals surface area contributed by atoms with Gasteiger partial charge in [0, 0.05) is 32.0 Å². The third kappa shape index (κ3) is 3.34. The summed E-state index contributed by atoms with van der Waals surface area (Å²) in [6.45, 7) is 1.52. The zero-order chi connectivity index (χ0) is 21.4. The number of pyridine rings is 1. The number of nitrogens with two attached hydrogens (primary N) is 1. The highest BCUT2D eigenvalue weighted by Crippen LogP contribution is 2.34. The van der Waals surface area contributed by atoms with Gasteiger partial charge in [0.15, 0.2) is 0 Å². The van der Waals surface area contributed by atoms with Crippen molar-refractivity contribution in [2.45, 2.75) is 6.10 Å². The molecule has 3 aliphatic heterocycles. The number of hydrogen-bond donors (Lipinski definition) is 2. The van der Waals surface area contributed by atoms with Crippen molar-refractivity contribution >= 4 is 23.8 Å². The number of benzene rings is 1. The Morgan fingerprint density at radius 3 is 2.74 bits per heavy atom. The summed E-state index contributed by atoms with van der Waals surface area (Å²) >= 11 is 0. The quantitative estimate of drug-likeness (QED) is 0.572. The first-order valence-electron chi connectivity index (χ1n) is 9.91. The Morgan fingerprint density at radius 2 is 2.03 bits per heavy atom. The number of allylic oxidation sites excluding steroid dienone is 1. The molecular weight excluding hydrogens is 394 g/mol. The predicted molar refractivity (Wildman–Crippen MR) is 117 cm³/mol. The molecule has 9 heteroatoms. The summed E-state index contributed by atoms with van der Waals surface area (Å²) in [5, 5.41) is 2.78. The van der Waals surface area contributed by atoms with Crippen molar-refractivity contribution in [3.8, 4) is 0 Å². The van der Waals surface area contributed by atoms with E-state index in [-0.39, 0.29) is 16.6 Å². The summed E-state index contributed by atoms with van der Waals surface area (Å²) in [7, 11) is 1.71. The van der Waals surface area contributed by atoms with Crippen molar-refractivity contribution < 1.29 is 14.1 Å². The van der Waals surface area contributed by atoms with Crippen LogP contribution in [0.5, 0.6) is 0 Å². The molecule has 1 aromatic heterocycles. The van der Waals surface area contributed by atoms with Crippen LogP contribution in [0.3, 0.4) is 0 Å². The first kappa shape index (κ1) is 19.3. The third-order valence-corrected chi connectivity index (χ3v) is 5.57. The van der Waals surface area contributed by atoms with Gasteiger partial charge in [-0.3, -0.25) is 9.79 Å². The molecule has 31 heavy (non-hydrogen) atoms. The van der Waals surface area contributed by atoms with Crippen molar-refractivity contribution in [3.63, 3.8) is 0 Å². The molecule has 0 radical (unpaired) electrons. The van der Waals surface area contributed by atoms with Crippen LogP contribution in [0, 0.1) is 0 Å². The highest BCUT2D eigenvalue weighted by Gasteiger charge is 2.47. The van der Waals surface area contributed by atoms with Gasteiger partial charge in [0.05, 0.1) is 24.1 Å². The lowest BCUT2D eigenvalue weighted by Gasteiger charge is -2.39. The van der Waals surface area contributed by atoms with E-state index in [9.17, 15) is 4.79 Å². The molecule has 3 aliphatic rings. The fraction of sp³-hybridized carbons (Fsp3) is 0.182. The highest BCUT2D eigenvalue weighted by molar-refractivity contribution is 6.05. The lowest BCUT2D eigenvalue weighted by Crippen LogP contribution is -2.54. The van der Waals surface area contributed by atoms with Crippen LogP contribution in [0.2, 0.25) is 0 Å². The number of fused-ring (bicyclic) bond motifs is 1. The maximum absolute atomic E-state index is 12.5. The van der Waals surface area contributed by atoms with E-state index in [1.54, 1.807) is 56.2 Å². The topological polar surface area (TPSA) is 105 Å². The Labute approximate surface area is 179 Å². The molecule has 1 amide bonds. The third-order valence-electron chi connectivity index (χ3n) is 5.57. The number of rotatable bonds is 5. The molecule has 0 spiro atoms. The van der Waals surface area contributed by atoms with Crippen molar-refractivity contribution in [2.24, 2.45) is 15.8 Å². The number of aromatic nitrogens is 1. The summed E-state index contributed by atoms with van der Waals surface area (Å²) in [5.74, 6) is 8.49. The normalized spacial score (nSPS) is 22.3. The number of ether oxygens (including phenoxy) is 1. The number of methoxy groups -OCH3 is 1. The molecule has 1 saturated heterocycles. The minimum absolute atomic E-state index is 0.0630. The molecule has 0 aliphatic carbocycles. The zero-order valence-electron chi connectivity index (χ0n) is 17.0. The van der Waals surface area contributed by atoms with Crippen LogP contribution in [0.1, 0.15) is 15.9 Å². The second-order valence-electron chi connectivity index (χ2n) is 7.51. The van der Waals surface area contributed by atoms with E-state index in [1.165, 1.54) is 0 Å². The van der Waals surface area contributed by atoms with E-state index in [0.717, 1.165) is 30.2 Å². The molecule has 1 unspecified atom stereocenters. The van der Waals surface area contributed by atoms with Gasteiger partial charge < -0.3 is 15.0 Å². The standard InChI is InChI=1S/C22H21N7O2/c1-31-17-13-28(14-17)20-18-12-24-10-11-29(18,23)21(27-20)15-5-7-16(8-6-15)22(30)26-19-4-2-3-9-25-19/h2-12,17H,13-14,23H2,1H3/p+1. The summed E-state index contributed by atoms with van der Waals surface area (Å²) in [6.07, 6.45) is 7.05. The maximum Gasteiger partial charge on any atom is 0.266 e. The minimum atomic E-state index is -0.231. The molecular formula is C22H22N7O2+. The van der Waals surface area contributed by atoms with Gasteiger partial charge in [0.25, 0.3) is 11.7 Å². The van der Waals surface area contributed by atoms with Crippen LogP contribution in [0.25, 0.3) is 0 Å². The summed E-state index contributed by atoms with van der Waals surface area (Å²) in [4.78, 5) is 27.9. The van der Waals surface area contributed by atoms with E-state index in [0.29, 0.717) is 17.2 Å². The van der Waals surface area contributed by atoms with Gasteiger partial charge in [-0.2, -0.15) is 10.8 Å². The Kier molecular flexibility index (Phi) is 4.70. The number of quaternary nitrogens is 1. The Bertz CT molecular complexity index is 1130. The number of aliphatic imine (C=N–C) groups is 2. The van der Waals surface area contributed by atoms with Crippen LogP contribution >= 0.6 is 0 Å². The molecule has 0 saturated carbocycles. The van der Waals surface area contributed by atoms with Crippen LogP contribution in [0.4, 0.5) is 5.82 Å². The van der Waals surface area contributed by atoms with Gasteiger partial charge in [-0.25, -0.2) is 4.98 Å². The highest BCUT2D eigenvalue weighted by atomic mass is 16.5. The smallest absolute Gasteiger partial charge is 0.266 e. The lowest BCUT2D eigenvalue weighted by atomic mass is 10.1. The molecule has 3 N–H and O–H groups in total. The van der Waals surface area contributed by atoms with Gasteiger partial charge in [0.1, 0.15) is 12.0 Å². The number of anilines is 1. The Hall–Kier alpha value is -3.66. The monoisotopic (exact) mass is 416 g/mol. The second kappa shape index (κ2) is 7.55. The van der Waals surface area contributed by atoms with Gasteiger partial charge in [0.2, 0.25) is 11.5 Å². The van der Waals surface area contributed by atoms with E-state index >= 15 is 0 Å². The Morgan fingerprint density at radius 1 is 1.23 bits per heavy atom. The van der Waals surface area contributed by atoms with Crippen molar-refractivity contribution in [1.29, 1.82) is 0 Å². The summed E-state index contributed by atoms with van der Waals surface area (Å²) in [5.41, 5.74) is 2.16. The molecule has 5 rings (SSSR count). The van der Waals surface area contributed by atoms with Crippen molar-refractivity contribution in [3.05, 3.63) is 83.7 Å². The van der Waals surface area contributed by atoms with Gasteiger partial charge in [-0.1, -0.05) is 6.07 Å². The average molecular weight is 416 g/mol. The van der Waals surface area contributed by atoms with Crippen LogP contribution in [-0.4, -0.2) is 58.7 Å².